The third-order valence-corrected chi connectivity index (χ3v) is 3.83. The second kappa shape index (κ2) is 7.64. The average molecular weight is 356 g/mol. The number of hydrogen-bond donors (Lipinski definition) is 2. The Morgan fingerprint density at radius 2 is 2.08 bits per heavy atom. The molecule has 0 radical (unpaired) electrons. The molecule has 2 amide bonds. The van der Waals surface area contributed by atoms with Gasteiger partial charge in [-0.15, -0.1) is 10.2 Å². The van der Waals surface area contributed by atoms with Gasteiger partial charge in [-0.3, -0.25) is 4.57 Å². The molecule has 0 bridgehead atoms. The van der Waals surface area contributed by atoms with Crippen molar-refractivity contribution < 1.29 is 9.53 Å². The van der Waals surface area contributed by atoms with E-state index in [4.69, 9.17) is 4.74 Å². The highest BCUT2D eigenvalue weighted by Gasteiger charge is 2.16. The number of aromatic nitrogens is 6. The number of carbonyl (C=O) groups is 1. The van der Waals surface area contributed by atoms with Crippen molar-refractivity contribution >= 4 is 11.7 Å². The zero-order valence-corrected chi connectivity index (χ0v) is 14.7. The first-order chi connectivity index (χ1) is 12.6. The first-order valence-electron chi connectivity index (χ1n) is 8.10. The van der Waals surface area contributed by atoms with Gasteiger partial charge < -0.3 is 15.4 Å². The van der Waals surface area contributed by atoms with Crippen LogP contribution in [0, 0.1) is 0 Å². The average Bonchev–Trinajstić information content (AvgIpc) is 3.33. The van der Waals surface area contributed by atoms with E-state index < -0.39 is 0 Å². The van der Waals surface area contributed by atoms with E-state index >= 15 is 0 Å². The molecule has 0 aliphatic carbocycles. The number of nitrogens with zero attached hydrogens (tertiary/aromatic N) is 6. The number of amides is 2. The van der Waals surface area contributed by atoms with Crippen molar-refractivity contribution in [3.8, 4) is 11.4 Å². The standard InChI is InChI=1S/C16H20N8O2/c1-4-24-15(17-8-20-24)11(2)21-16(25)22-13-7-12(5-6-14(13)26-3)23-9-18-19-10-23/h5-11H,4H2,1-3H3,(H2,21,22,25). The SMILES string of the molecule is CCn1ncnc1C(C)NC(=O)Nc1cc(-n2cnnc2)ccc1OC. The maximum Gasteiger partial charge on any atom is 0.319 e. The number of methoxy groups -OCH3 is 1. The van der Waals surface area contributed by atoms with Crippen LogP contribution in [0.15, 0.2) is 37.2 Å². The lowest BCUT2D eigenvalue weighted by molar-refractivity contribution is 0.248. The van der Waals surface area contributed by atoms with Crippen LogP contribution < -0.4 is 15.4 Å². The van der Waals surface area contributed by atoms with Crippen LogP contribution in [0.2, 0.25) is 0 Å². The van der Waals surface area contributed by atoms with Crippen LogP contribution in [0.4, 0.5) is 10.5 Å². The molecule has 3 rings (SSSR count). The molecule has 2 aromatic heterocycles. The van der Waals surface area contributed by atoms with Crippen LogP contribution in [0.3, 0.4) is 0 Å². The molecular formula is C16H20N8O2. The summed E-state index contributed by atoms with van der Waals surface area (Å²) in [5, 5.41) is 17.3. The molecule has 10 nitrogen and oxygen atoms in total. The van der Waals surface area contributed by atoms with Gasteiger partial charge in [0.25, 0.3) is 0 Å². The van der Waals surface area contributed by atoms with Crippen molar-refractivity contribution in [1.29, 1.82) is 0 Å². The van der Waals surface area contributed by atoms with E-state index in [-0.39, 0.29) is 12.1 Å². The van der Waals surface area contributed by atoms with Gasteiger partial charge in [0.15, 0.2) is 0 Å². The first kappa shape index (κ1) is 17.4. The molecule has 1 unspecified atom stereocenters. The van der Waals surface area contributed by atoms with Gasteiger partial charge in [0.1, 0.15) is 30.6 Å². The minimum atomic E-state index is -0.373. The number of ether oxygens (including phenoxy) is 1. The maximum atomic E-state index is 12.4. The zero-order valence-electron chi connectivity index (χ0n) is 14.7. The fourth-order valence-corrected chi connectivity index (χ4v) is 2.56. The normalized spacial score (nSPS) is 11.8. The molecule has 0 aliphatic rings. The number of rotatable bonds is 6. The molecule has 0 spiro atoms. The number of benzene rings is 1. The van der Waals surface area contributed by atoms with E-state index in [2.05, 4.69) is 30.9 Å². The summed E-state index contributed by atoms with van der Waals surface area (Å²) in [6, 6.07) is 4.72. The molecule has 2 N–H and O–H groups in total. The fraction of sp³-hybridized carbons (Fsp3) is 0.312. The van der Waals surface area contributed by atoms with Crippen molar-refractivity contribution in [3.05, 3.63) is 43.0 Å². The number of hydrogen-bond acceptors (Lipinski definition) is 6. The monoisotopic (exact) mass is 356 g/mol. The lowest BCUT2D eigenvalue weighted by Crippen LogP contribution is -2.32. The highest BCUT2D eigenvalue weighted by atomic mass is 16.5. The van der Waals surface area contributed by atoms with Gasteiger partial charge in [0.05, 0.1) is 24.5 Å². The maximum absolute atomic E-state index is 12.4. The third kappa shape index (κ3) is 3.63. The van der Waals surface area contributed by atoms with Crippen molar-refractivity contribution in [2.24, 2.45) is 0 Å². The minimum absolute atomic E-state index is 0.301. The molecule has 0 saturated heterocycles. The van der Waals surface area contributed by atoms with E-state index in [9.17, 15) is 4.79 Å². The Kier molecular flexibility index (Phi) is 5.11. The van der Waals surface area contributed by atoms with Gasteiger partial charge >= 0.3 is 6.03 Å². The molecule has 0 saturated carbocycles. The zero-order chi connectivity index (χ0) is 18.5. The van der Waals surface area contributed by atoms with E-state index in [1.165, 1.54) is 6.33 Å². The van der Waals surface area contributed by atoms with Crippen molar-refractivity contribution in [2.75, 3.05) is 12.4 Å². The Bertz CT molecular complexity index is 874. The summed E-state index contributed by atoms with van der Waals surface area (Å²) in [5.74, 6) is 1.23. The molecule has 0 aliphatic heterocycles. The van der Waals surface area contributed by atoms with Gasteiger partial charge in [0.2, 0.25) is 0 Å². The highest BCUT2D eigenvalue weighted by Crippen LogP contribution is 2.27. The topological polar surface area (TPSA) is 112 Å². The second-order valence-electron chi connectivity index (χ2n) is 5.51. The number of aryl methyl sites for hydroxylation is 1. The Morgan fingerprint density at radius 1 is 1.31 bits per heavy atom. The molecule has 1 atom stereocenters. The Balaban J connectivity index is 1.75. The van der Waals surface area contributed by atoms with Crippen molar-refractivity contribution in [2.45, 2.75) is 26.4 Å². The van der Waals surface area contributed by atoms with Gasteiger partial charge in [0, 0.05) is 6.54 Å². The summed E-state index contributed by atoms with van der Waals surface area (Å²) >= 11 is 0. The third-order valence-electron chi connectivity index (χ3n) is 3.83. The van der Waals surface area contributed by atoms with Crippen LogP contribution in [-0.2, 0) is 6.54 Å². The smallest absolute Gasteiger partial charge is 0.319 e. The number of anilines is 1. The molecule has 3 aromatic rings. The Labute approximate surface area is 150 Å². The molecule has 2 heterocycles. The highest BCUT2D eigenvalue weighted by molar-refractivity contribution is 5.91. The van der Waals surface area contributed by atoms with Crippen molar-refractivity contribution in [3.63, 3.8) is 0 Å². The van der Waals surface area contributed by atoms with E-state index in [1.807, 2.05) is 19.9 Å². The van der Waals surface area contributed by atoms with Gasteiger partial charge in [-0.2, -0.15) is 5.10 Å². The number of carbonyl (C=O) groups excluding carboxylic acids is 1. The van der Waals surface area contributed by atoms with Crippen LogP contribution in [0.1, 0.15) is 25.7 Å². The molecule has 1 aromatic carbocycles. The predicted molar refractivity (Wildman–Crippen MR) is 94.2 cm³/mol. The summed E-state index contributed by atoms with van der Waals surface area (Å²) in [7, 11) is 1.54. The largest absolute Gasteiger partial charge is 0.495 e. The molecule has 136 valence electrons. The summed E-state index contributed by atoms with van der Waals surface area (Å²) in [6.07, 6.45) is 4.62. The molecule has 26 heavy (non-hydrogen) atoms. The van der Waals surface area contributed by atoms with E-state index in [0.29, 0.717) is 23.8 Å². The van der Waals surface area contributed by atoms with Crippen LogP contribution in [0.25, 0.3) is 5.69 Å². The second-order valence-corrected chi connectivity index (χ2v) is 5.51. The van der Waals surface area contributed by atoms with Crippen LogP contribution in [0.5, 0.6) is 5.75 Å². The molecular weight excluding hydrogens is 336 g/mol. The Morgan fingerprint density at radius 3 is 2.77 bits per heavy atom. The predicted octanol–water partition coefficient (Wildman–Crippen LogP) is 1.77. The summed E-state index contributed by atoms with van der Waals surface area (Å²) in [4.78, 5) is 16.6. The number of urea groups is 1. The first-order valence-corrected chi connectivity index (χ1v) is 8.10. The van der Waals surface area contributed by atoms with E-state index in [1.54, 1.807) is 41.1 Å². The summed E-state index contributed by atoms with van der Waals surface area (Å²) < 4.78 is 8.79. The van der Waals surface area contributed by atoms with Crippen molar-refractivity contribution in [1.82, 2.24) is 34.8 Å². The van der Waals surface area contributed by atoms with E-state index in [0.717, 1.165) is 5.69 Å². The summed E-state index contributed by atoms with van der Waals surface area (Å²) in [6.45, 7) is 4.49. The molecule has 0 fully saturated rings. The van der Waals surface area contributed by atoms with Gasteiger partial charge in [-0.1, -0.05) is 0 Å². The van der Waals surface area contributed by atoms with Crippen LogP contribution in [-0.4, -0.2) is 42.7 Å². The Hall–Kier alpha value is -3.43. The summed E-state index contributed by atoms with van der Waals surface area (Å²) in [5.41, 5.74) is 1.32. The van der Waals surface area contributed by atoms with Gasteiger partial charge in [-0.25, -0.2) is 14.5 Å². The van der Waals surface area contributed by atoms with Crippen LogP contribution >= 0.6 is 0 Å². The van der Waals surface area contributed by atoms with Gasteiger partial charge in [-0.05, 0) is 32.0 Å². The molecule has 10 heteroatoms. The minimum Gasteiger partial charge on any atom is -0.495 e. The lowest BCUT2D eigenvalue weighted by atomic mass is 10.2. The lowest BCUT2D eigenvalue weighted by Gasteiger charge is -2.16. The number of nitrogens with one attached hydrogen (secondary N) is 2. The fourth-order valence-electron chi connectivity index (χ4n) is 2.56. The quantitative estimate of drug-likeness (QED) is 0.696.